The van der Waals surface area contributed by atoms with E-state index >= 15 is 0 Å². The second-order valence-electron chi connectivity index (χ2n) is 2.65. The summed E-state index contributed by atoms with van der Waals surface area (Å²) in [5, 5.41) is 0. The molecule has 0 aliphatic rings. The highest BCUT2D eigenvalue weighted by Crippen LogP contribution is 1.95. The normalized spacial score (nSPS) is 9.38. The first-order valence-corrected chi connectivity index (χ1v) is 5.07. The maximum atomic E-state index is 11.0. The van der Waals surface area contributed by atoms with E-state index in [0.29, 0.717) is 0 Å². The van der Waals surface area contributed by atoms with Crippen LogP contribution in [0.1, 0.15) is 12.8 Å². The topological polar surface area (TPSA) is 78.9 Å². The van der Waals surface area contributed by atoms with Gasteiger partial charge in [-0.15, -0.1) is 11.6 Å². The lowest BCUT2D eigenvalue weighted by Gasteiger charge is -2.04. The fraction of sp³-hybridized carbons (Fsp3) is 0.667. The van der Waals surface area contributed by atoms with Crippen LogP contribution in [0.4, 0.5) is 0 Å². The van der Waals surface area contributed by atoms with Crippen molar-refractivity contribution in [3.05, 3.63) is 0 Å². The van der Waals surface area contributed by atoms with E-state index in [0.717, 1.165) is 0 Å². The summed E-state index contributed by atoms with van der Waals surface area (Å²) < 4.78 is 13.6. The Balaban J connectivity index is 3.44. The van der Waals surface area contributed by atoms with Crippen LogP contribution in [0.3, 0.4) is 0 Å². The molecule has 6 nitrogen and oxygen atoms in total. The second kappa shape index (κ2) is 8.96. The Hall–Kier alpha value is -1.30. The highest BCUT2D eigenvalue weighted by Gasteiger charge is 2.08. The van der Waals surface area contributed by atoms with E-state index in [1.165, 1.54) is 7.11 Å². The molecule has 0 saturated carbocycles. The average Bonchev–Trinajstić information content (AvgIpc) is 2.31. The summed E-state index contributed by atoms with van der Waals surface area (Å²) in [7, 11) is 1.24. The molecule has 0 atom stereocenters. The predicted molar refractivity (Wildman–Crippen MR) is 53.9 cm³/mol. The summed E-state index contributed by atoms with van der Waals surface area (Å²) in [5.41, 5.74) is 0. The van der Waals surface area contributed by atoms with Gasteiger partial charge in [0.1, 0.15) is 19.1 Å². The molecule has 0 fully saturated rings. The first kappa shape index (κ1) is 14.7. The molecule has 0 heterocycles. The molecule has 0 radical (unpaired) electrons. The van der Waals surface area contributed by atoms with Crippen LogP contribution in [0, 0.1) is 0 Å². The van der Waals surface area contributed by atoms with Crippen molar-refractivity contribution in [2.75, 3.05) is 26.2 Å². The predicted octanol–water partition coefficient (Wildman–Crippen LogP) is 0.265. The minimum Gasteiger partial charge on any atom is -0.469 e. The van der Waals surface area contributed by atoms with Crippen molar-refractivity contribution < 1.29 is 28.6 Å². The number of ether oxygens (including phenoxy) is 3. The molecular weight excluding hydrogens is 240 g/mol. The number of hydrogen-bond acceptors (Lipinski definition) is 6. The monoisotopic (exact) mass is 252 g/mol. The van der Waals surface area contributed by atoms with Gasteiger partial charge in [-0.25, -0.2) is 0 Å². The van der Waals surface area contributed by atoms with Gasteiger partial charge in [-0.2, -0.15) is 0 Å². The van der Waals surface area contributed by atoms with Crippen LogP contribution in [0.5, 0.6) is 0 Å². The highest BCUT2D eigenvalue weighted by molar-refractivity contribution is 6.26. The van der Waals surface area contributed by atoms with Gasteiger partial charge < -0.3 is 14.2 Å². The van der Waals surface area contributed by atoms with Crippen molar-refractivity contribution in [1.82, 2.24) is 0 Å². The first-order valence-electron chi connectivity index (χ1n) is 4.54. The largest absolute Gasteiger partial charge is 0.469 e. The zero-order chi connectivity index (χ0) is 12.4. The van der Waals surface area contributed by atoms with Gasteiger partial charge in [0, 0.05) is 0 Å². The van der Waals surface area contributed by atoms with E-state index in [1.54, 1.807) is 0 Å². The molecule has 0 aromatic rings. The Kier molecular flexibility index (Phi) is 8.24. The molecule has 0 aromatic carbocycles. The van der Waals surface area contributed by atoms with E-state index in [1.807, 2.05) is 0 Å². The van der Waals surface area contributed by atoms with Crippen LogP contribution in [-0.2, 0) is 28.6 Å². The van der Waals surface area contributed by atoms with Crippen molar-refractivity contribution in [2.24, 2.45) is 0 Å². The zero-order valence-corrected chi connectivity index (χ0v) is 9.62. The van der Waals surface area contributed by atoms with E-state index in [9.17, 15) is 14.4 Å². The summed E-state index contributed by atoms with van der Waals surface area (Å²) in [4.78, 5) is 32.2. The lowest BCUT2D eigenvalue weighted by molar-refractivity contribution is -0.152. The Morgan fingerprint density at radius 2 is 1.44 bits per heavy atom. The third-order valence-electron chi connectivity index (χ3n) is 1.48. The van der Waals surface area contributed by atoms with Gasteiger partial charge in [-0.05, 0) is 0 Å². The second-order valence-corrected chi connectivity index (χ2v) is 2.92. The standard InChI is InChI=1S/C9H13ClO6/c1-14-7(11)2-3-8(12)15-4-5-16-9(13)6-10/h2-6H2,1H3. The molecule has 92 valence electrons. The lowest BCUT2D eigenvalue weighted by Crippen LogP contribution is -2.15. The van der Waals surface area contributed by atoms with Gasteiger partial charge in [0.2, 0.25) is 0 Å². The van der Waals surface area contributed by atoms with Crippen LogP contribution < -0.4 is 0 Å². The van der Waals surface area contributed by atoms with Crippen LogP contribution in [0.2, 0.25) is 0 Å². The van der Waals surface area contributed by atoms with Crippen LogP contribution >= 0.6 is 11.6 Å². The van der Waals surface area contributed by atoms with E-state index in [4.69, 9.17) is 11.6 Å². The number of carbonyl (C=O) groups excluding carboxylic acids is 3. The summed E-state index contributed by atoms with van der Waals surface area (Å²) in [6, 6.07) is 0. The smallest absolute Gasteiger partial charge is 0.320 e. The molecule has 0 amide bonds. The maximum absolute atomic E-state index is 11.0. The van der Waals surface area contributed by atoms with Gasteiger partial charge in [-0.3, -0.25) is 14.4 Å². The van der Waals surface area contributed by atoms with E-state index in [2.05, 4.69) is 14.2 Å². The number of hydrogen-bond donors (Lipinski definition) is 0. The third kappa shape index (κ3) is 8.05. The average molecular weight is 253 g/mol. The molecule has 0 unspecified atom stereocenters. The fourth-order valence-corrected chi connectivity index (χ4v) is 0.805. The molecule has 0 aliphatic carbocycles. The molecule has 0 bridgehead atoms. The molecule has 0 aliphatic heterocycles. The Labute approximate surface area is 97.8 Å². The number of carbonyl (C=O) groups is 3. The van der Waals surface area contributed by atoms with E-state index in [-0.39, 0.29) is 31.9 Å². The van der Waals surface area contributed by atoms with Crippen molar-refractivity contribution in [3.8, 4) is 0 Å². The molecule has 7 heteroatoms. The van der Waals surface area contributed by atoms with Crippen LogP contribution in [0.15, 0.2) is 0 Å². The van der Waals surface area contributed by atoms with Crippen molar-refractivity contribution in [3.63, 3.8) is 0 Å². The summed E-state index contributed by atoms with van der Waals surface area (Å²) >= 11 is 5.16. The quantitative estimate of drug-likeness (QED) is 0.280. The Morgan fingerprint density at radius 3 is 1.94 bits per heavy atom. The number of esters is 3. The molecule has 16 heavy (non-hydrogen) atoms. The Bertz CT molecular complexity index is 252. The Morgan fingerprint density at radius 1 is 0.938 bits per heavy atom. The third-order valence-corrected chi connectivity index (χ3v) is 1.70. The molecule has 0 rings (SSSR count). The van der Waals surface area contributed by atoms with Gasteiger partial charge in [-0.1, -0.05) is 0 Å². The molecule has 0 spiro atoms. The zero-order valence-electron chi connectivity index (χ0n) is 8.86. The van der Waals surface area contributed by atoms with Crippen LogP contribution in [0.25, 0.3) is 0 Å². The van der Waals surface area contributed by atoms with Crippen LogP contribution in [-0.4, -0.2) is 44.1 Å². The molecule has 0 aromatic heterocycles. The number of methoxy groups -OCH3 is 1. The highest BCUT2D eigenvalue weighted by atomic mass is 35.5. The van der Waals surface area contributed by atoms with Crippen molar-refractivity contribution >= 4 is 29.5 Å². The molecule has 0 saturated heterocycles. The summed E-state index contributed by atoms with van der Waals surface area (Å²) in [6.45, 7) is -0.0991. The van der Waals surface area contributed by atoms with Gasteiger partial charge in [0.25, 0.3) is 0 Å². The van der Waals surface area contributed by atoms with Crippen molar-refractivity contribution in [1.29, 1.82) is 0 Å². The molecule has 0 N–H and O–H groups in total. The minimum absolute atomic E-state index is 0.0310. The van der Waals surface area contributed by atoms with E-state index < -0.39 is 17.9 Å². The lowest BCUT2D eigenvalue weighted by atomic mass is 10.3. The van der Waals surface area contributed by atoms with Gasteiger partial charge >= 0.3 is 17.9 Å². The number of halogens is 1. The number of alkyl halides is 1. The fourth-order valence-electron chi connectivity index (χ4n) is 0.728. The summed E-state index contributed by atoms with van der Waals surface area (Å²) in [5.74, 6) is -1.85. The number of rotatable bonds is 7. The molecular formula is C9H13ClO6. The first-order chi connectivity index (χ1) is 7.60. The SMILES string of the molecule is COC(=O)CCC(=O)OCCOC(=O)CCl. The summed E-state index contributed by atoms with van der Waals surface area (Å²) in [6.07, 6.45) is -0.0904. The maximum Gasteiger partial charge on any atom is 0.320 e. The minimum atomic E-state index is -0.577. The van der Waals surface area contributed by atoms with Crippen molar-refractivity contribution in [2.45, 2.75) is 12.8 Å². The van der Waals surface area contributed by atoms with Gasteiger partial charge in [0.05, 0.1) is 20.0 Å². The van der Waals surface area contributed by atoms with Gasteiger partial charge in [0.15, 0.2) is 0 Å².